The molecule has 144 valence electrons. The third-order valence-corrected chi connectivity index (χ3v) is 4.83. The molecular weight excluding hydrogens is 413 g/mol. The lowest BCUT2D eigenvalue weighted by atomic mass is 9.92. The monoisotopic (exact) mass is 429 g/mol. The highest BCUT2D eigenvalue weighted by Gasteiger charge is 2.33. The van der Waals surface area contributed by atoms with E-state index in [1.807, 2.05) is 0 Å². The van der Waals surface area contributed by atoms with Crippen LogP contribution in [0.2, 0.25) is 10.0 Å². The number of carbonyl (C=O) groups excluding carboxylic acids is 1. The fourth-order valence-corrected chi connectivity index (χ4v) is 3.61. The molecule has 2 aromatic rings. The third kappa shape index (κ3) is 4.65. The fourth-order valence-electron chi connectivity index (χ4n) is 2.99. The van der Waals surface area contributed by atoms with E-state index in [9.17, 15) is 14.7 Å². The van der Waals surface area contributed by atoms with E-state index in [0.717, 1.165) is 5.56 Å². The van der Waals surface area contributed by atoms with E-state index in [4.69, 9.17) is 28.9 Å². The average molecular weight is 431 g/mol. The number of aliphatic carboxylic acids is 1. The Morgan fingerprint density at radius 3 is 2.48 bits per heavy atom. The molecule has 0 aromatic heterocycles. The summed E-state index contributed by atoms with van der Waals surface area (Å²) < 4.78 is 0. The van der Waals surface area contributed by atoms with Gasteiger partial charge in [0.2, 0.25) is 0 Å². The maximum Gasteiger partial charge on any atom is 0.326 e. The van der Waals surface area contributed by atoms with Crippen molar-refractivity contribution in [3.63, 3.8) is 0 Å². The highest BCUT2D eigenvalue weighted by atomic mass is 35.5. The topological polar surface area (TPSA) is 104 Å². The Labute approximate surface area is 172 Å². The molecule has 0 spiro atoms. The summed E-state index contributed by atoms with van der Waals surface area (Å²) in [6.45, 7) is 0.389. The van der Waals surface area contributed by atoms with Gasteiger partial charge in [-0.1, -0.05) is 35.3 Å². The van der Waals surface area contributed by atoms with Crippen LogP contribution >= 0.6 is 35.6 Å². The van der Waals surface area contributed by atoms with Crippen molar-refractivity contribution in [3.8, 4) is 0 Å². The molecule has 0 bridgehead atoms. The number of benzene rings is 2. The number of hydrogen-bond acceptors (Lipinski definition) is 4. The molecule has 1 amide bonds. The maximum atomic E-state index is 12.6. The summed E-state index contributed by atoms with van der Waals surface area (Å²) in [5, 5.41) is 15.9. The lowest BCUT2D eigenvalue weighted by Crippen LogP contribution is -2.41. The molecule has 0 aliphatic carbocycles. The number of nitrogens with one attached hydrogen (secondary N) is 2. The molecule has 0 radical (unpaired) electrons. The predicted octanol–water partition coefficient (Wildman–Crippen LogP) is 3.61. The Kier molecular flexibility index (Phi) is 6.95. The molecule has 27 heavy (non-hydrogen) atoms. The number of hydrogen-bond donors (Lipinski definition) is 4. The van der Waals surface area contributed by atoms with Crippen LogP contribution in [0.5, 0.6) is 0 Å². The first-order valence-electron chi connectivity index (χ1n) is 7.97. The molecule has 2 atom stereocenters. The van der Waals surface area contributed by atoms with Crippen molar-refractivity contribution >= 4 is 53.2 Å². The number of carboxylic acids is 1. The molecule has 0 fully saturated rings. The van der Waals surface area contributed by atoms with E-state index < -0.39 is 18.1 Å². The van der Waals surface area contributed by atoms with E-state index in [-0.39, 0.29) is 24.7 Å². The van der Waals surface area contributed by atoms with Gasteiger partial charge in [0.1, 0.15) is 6.04 Å². The summed E-state index contributed by atoms with van der Waals surface area (Å²) in [5.41, 5.74) is 8.06. The first-order valence-corrected chi connectivity index (χ1v) is 8.72. The standard InChI is InChI=1S/C18H17Cl2N3O3.ClH/c19-11-5-12(20)16-13(6-11)22-15(18(25)26)7-14(16)23-17(24)10-3-1-9(8-21)2-4-10;/h1-6,14-15,22H,7-8,21H2,(H,23,24)(H,25,26);1H/t14-,15+;/m0./s1. The Hall–Kier alpha value is -1.99. The minimum Gasteiger partial charge on any atom is -0.480 e. The van der Waals surface area contributed by atoms with Crippen molar-refractivity contribution in [3.05, 3.63) is 63.1 Å². The van der Waals surface area contributed by atoms with Crippen LogP contribution < -0.4 is 16.4 Å². The van der Waals surface area contributed by atoms with Crippen LogP contribution in [-0.2, 0) is 11.3 Å². The van der Waals surface area contributed by atoms with Gasteiger partial charge in [-0.15, -0.1) is 12.4 Å². The molecule has 0 saturated heterocycles. The van der Waals surface area contributed by atoms with Gasteiger partial charge in [-0.2, -0.15) is 0 Å². The van der Waals surface area contributed by atoms with E-state index in [1.165, 1.54) is 0 Å². The molecule has 0 unspecified atom stereocenters. The second kappa shape index (κ2) is 8.80. The molecule has 1 aliphatic rings. The zero-order valence-corrected chi connectivity index (χ0v) is 16.4. The first kappa shape index (κ1) is 21.3. The average Bonchev–Trinajstić information content (AvgIpc) is 2.60. The van der Waals surface area contributed by atoms with Gasteiger partial charge >= 0.3 is 5.97 Å². The number of amides is 1. The molecule has 1 heterocycles. The largest absolute Gasteiger partial charge is 0.480 e. The van der Waals surface area contributed by atoms with E-state index in [0.29, 0.717) is 33.4 Å². The Morgan fingerprint density at radius 2 is 1.89 bits per heavy atom. The summed E-state index contributed by atoms with van der Waals surface area (Å²) in [6.07, 6.45) is 0.163. The number of anilines is 1. The summed E-state index contributed by atoms with van der Waals surface area (Å²) in [4.78, 5) is 24.1. The number of nitrogens with two attached hydrogens (primary N) is 1. The highest BCUT2D eigenvalue weighted by molar-refractivity contribution is 6.35. The van der Waals surface area contributed by atoms with Crippen LogP contribution in [0.3, 0.4) is 0 Å². The first-order chi connectivity index (χ1) is 12.4. The van der Waals surface area contributed by atoms with E-state index >= 15 is 0 Å². The predicted molar refractivity (Wildman–Crippen MR) is 108 cm³/mol. The highest BCUT2D eigenvalue weighted by Crippen LogP contribution is 2.40. The van der Waals surface area contributed by atoms with Gasteiger partial charge in [0, 0.05) is 39.8 Å². The van der Waals surface area contributed by atoms with Crippen LogP contribution in [0.4, 0.5) is 5.69 Å². The minimum absolute atomic E-state index is 0. The van der Waals surface area contributed by atoms with Gasteiger partial charge in [0.05, 0.1) is 6.04 Å². The van der Waals surface area contributed by atoms with E-state index in [2.05, 4.69) is 10.6 Å². The van der Waals surface area contributed by atoms with Gasteiger partial charge in [-0.25, -0.2) is 4.79 Å². The quantitative estimate of drug-likeness (QED) is 0.593. The summed E-state index contributed by atoms with van der Waals surface area (Å²) in [7, 11) is 0. The molecule has 0 saturated carbocycles. The Balaban J connectivity index is 0.00000261. The molecule has 9 heteroatoms. The van der Waals surface area contributed by atoms with Crippen LogP contribution in [0.15, 0.2) is 36.4 Å². The zero-order valence-electron chi connectivity index (χ0n) is 14.0. The molecule has 5 N–H and O–H groups in total. The lowest BCUT2D eigenvalue weighted by Gasteiger charge is -2.32. The van der Waals surface area contributed by atoms with Crippen LogP contribution in [-0.4, -0.2) is 23.0 Å². The Morgan fingerprint density at radius 1 is 1.22 bits per heavy atom. The van der Waals surface area contributed by atoms with Crippen molar-refractivity contribution < 1.29 is 14.7 Å². The van der Waals surface area contributed by atoms with Crippen LogP contribution in [0, 0.1) is 0 Å². The number of rotatable bonds is 4. The van der Waals surface area contributed by atoms with Crippen molar-refractivity contribution in [2.45, 2.75) is 25.0 Å². The minimum atomic E-state index is -1.02. The smallest absolute Gasteiger partial charge is 0.326 e. The fraction of sp³-hybridized carbons (Fsp3) is 0.222. The van der Waals surface area contributed by atoms with Crippen LogP contribution in [0.25, 0.3) is 0 Å². The van der Waals surface area contributed by atoms with Gasteiger partial charge in [0.25, 0.3) is 5.91 Å². The second-order valence-corrected chi connectivity index (χ2v) is 6.89. The summed E-state index contributed by atoms with van der Waals surface area (Å²) >= 11 is 12.3. The van der Waals surface area contributed by atoms with Gasteiger partial charge in [-0.05, 0) is 29.8 Å². The Bertz CT molecular complexity index is 859. The molecule has 2 aromatic carbocycles. The lowest BCUT2D eigenvalue weighted by molar-refractivity contribution is -0.138. The molecular formula is C18H18Cl3N3O3. The van der Waals surface area contributed by atoms with Gasteiger partial charge in [0.15, 0.2) is 0 Å². The van der Waals surface area contributed by atoms with Crippen LogP contribution in [0.1, 0.15) is 33.9 Å². The zero-order chi connectivity index (χ0) is 18.8. The summed E-state index contributed by atoms with van der Waals surface area (Å²) in [5.74, 6) is -1.33. The van der Waals surface area contributed by atoms with Gasteiger partial charge in [-0.3, -0.25) is 4.79 Å². The molecule has 1 aliphatic heterocycles. The van der Waals surface area contributed by atoms with Gasteiger partial charge < -0.3 is 21.5 Å². The third-order valence-electron chi connectivity index (χ3n) is 4.30. The normalized spacial score (nSPS) is 17.9. The van der Waals surface area contributed by atoms with E-state index in [1.54, 1.807) is 36.4 Å². The number of carbonyl (C=O) groups is 2. The van der Waals surface area contributed by atoms with Crippen molar-refractivity contribution in [2.75, 3.05) is 5.32 Å². The SMILES string of the molecule is Cl.NCc1ccc(C(=O)N[C@H]2C[C@H](C(=O)O)Nc3cc(Cl)cc(Cl)c32)cc1. The molecule has 3 rings (SSSR count). The number of carboxylic acid groups (broad SMARTS) is 1. The van der Waals surface area contributed by atoms with Crippen molar-refractivity contribution in [1.29, 1.82) is 0 Å². The van der Waals surface area contributed by atoms with Crippen molar-refractivity contribution in [1.82, 2.24) is 5.32 Å². The summed E-state index contributed by atoms with van der Waals surface area (Å²) in [6, 6.07) is 8.67. The van der Waals surface area contributed by atoms with Crippen molar-refractivity contribution in [2.24, 2.45) is 5.73 Å². The molecule has 6 nitrogen and oxygen atoms in total. The number of halogens is 3. The second-order valence-electron chi connectivity index (χ2n) is 6.05. The maximum absolute atomic E-state index is 12.6. The number of fused-ring (bicyclic) bond motifs is 1.